The highest BCUT2D eigenvalue weighted by Gasteiger charge is 2.32. The van der Waals surface area contributed by atoms with Crippen molar-refractivity contribution in [2.45, 2.75) is 118 Å². The van der Waals surface area contributed by atoms with E-state index in [-0.39, 0.29) is 5.60 Å². The van der Waals surface area contributed by atoms with Gasteiger partial charge >= 0.3 is 0 Å². The third-order valence-electron chi connectivity index (χ3n) is 6.98. The quantitative estimate of drug-likeness (QED) is 0.0990. The van der Waals surface area contributed by atoms with E-state index in [1.54, 1.807) is 5.57 Å². The van der Waals surface area contributed by atoms with Crippen LogP contribution in [0, 0.1) is 11.8 Å². The second kappa shape index (κ2) is 15.2. The first-order chi connectivity index (χ1) is 14.8. The Morgan fingerprint density at radius 3 is 2.61 bits per heavy atom. The lowest BCUT2D eigenvalue weighted by Crippen LogP contribution is -2.36. The van der Waals surface area contributed by atoms with E-state index in [1.165, 1.54) is 50.5 Å². The molecule has 0 saturated heterocycles. The van der Waals surface area contributed by atoms with Crippen LogP contribution in [-0.4, -0.2) is 23.2 Å². The number of hydrogen-bond acceptors (Lipinski definition) is 2. The van der Waals surface area contributed by atoms with Gasteiger partial charge in [0.1, 0.15) is 0 Å². The van der Waals surface area contributed by atoms with Crippen LogP contribution < -0.4 is 0 Å². The van der Waals surface area contributed by atoms with Crippen LogP contribution in [0.5, 0.6) is 0 Å². The lowest BCUT2D eigenvalue weighted by atomic mass is 9.76. The van der Waals surface area contributed by atoms with Crippen LogP contribution in [0.15, 0.2) is 34.6 Å². The second-order valence-electron chi connectivity index (χ2n) is 9.85. The summed E-state index contributed by atoms with van der Waals surface area (Å²) in [5, 5.41) is 10.3. The Morgan fingerprint density at radius 1 is 1.26 bits per heavy atom. The SMILES string of the molecule is CCCCCC(=C/CCOC(C)(C)C1CCC/C(C)=C\[C@H](CC)C1)/C(CCl)=C(/O)CC. The molecule has 0 amide bonds. The molecule has 0 saturated carbocycles. The maximum atomic E-state index is 10.3. The Bertz CT molecular complexity index is 600. The zero-order valence-corrected chi connectivity index (χ0v) is 22.0. The summed E-state index contributed by atoms with van der Waals surface area (Å²) < 4.78 is 6.48. The van der Waals surface area contributed by atoms with Crippen LogP contribution in [0.2, 0.25) is 0 Å². The molecule has 0 bridgehead atoms. The van der Waals surface area contributed by atoms with Crippen molar-refractivity contribution in [3.05, 3.63) is 34.6 Å². The molecular formula is C28H49ClO2. The van der Waals surface area contributed by atoms with E-state index in [2.05, 4.69) is 46.8 Å². The number of aliphatic hydroxyl groups excluding tert-OH is 1. The molecule has 1 aliphatic rings. The normalized spacial score (nSPS) is 23.6. The summed E-state index contributed by atoms with van der Waals surface area (Å²) in [6.07, 6.45) is 16.9. The van der Waals surface area contributed by atoms with Crippen LogP contribution >= 0.6 is 11.6 Å². The molecule has 0 radical (unpaired) electrons. The summed E-state index contributed by atoms with van der Waals surface area (Å²) in [4.78, 5) is 0. The molecule has 2 nitrogen and oxygen atoms in total. The molecule has 0 aliphatic heterocycles. The first-order valence-corrected chi connectivity index (χ1v) is 13.3. The van der Waals surface area contributed by atoms with E-state index in [4.69, 9.17) is 16.3 Å². The first-order valence-electron chi connectivity index (χ1n) is 12.8. The van der Waals surface area contributed by atoms with Gasteiger partial charge in [-0.1, -0.05) is 51.3 Å². The zero-order valence-electron chi connectivity index (χ0n) is 21.2. The van der Waals surface area contributed by atoms with Crippen molar-refractivity contribution in [1.29, 1.82) is 0 Å². The molecule has 180 valence electrons. The average molecular weight is 453 g/mol. The van der Waals surface area contributed by atoms with Crippen molar-refractivity contribution in [3.8, 4) is 0 Å². The van der Waals surface area contributed by atoms with Gasteiger partial charge in [-0.25, -0.2) is 0 Å². The van der Waals surface area contributed by atoms with Gasteiger partial charge < -0.3 is 9.84 Å². The van der Waals surface area contributed by atoms with Crippen molar-refractivity contribution in [1.82, 2.24) is 0 Å². The number of ether oxygens (including phenoxy) is 1. The predicted molar refractivity (Wildman–Crippen MR) is 137 cm³/mol. The van der Waals surface area contributed by atoms with Crippen LogP contribution in [-0.2, 0) is 4.74 Å². The standard InChI is InChI=1S/C28H49ClO2/c1-7-10-11-15-24(26(21-29)27(30)9-3)16-13-18-31-28(5,6)25-17-12-14-22(4)19-23(8-2)20-25/h16,19,23,25,30H,7-15,17-18,20-21H2,1-6H3/b22-19-,24-16-,27-26+/t23-,25?/m0/s1. The third-order valence-corrected chi connectivity index (χ3v) is 7.24. The van der Waals surface area contributed by atoms with E-state index in [1.807, 2.05) is 6.92 Å². The minimum absolute atomic E-state index is 0.112. The van der Waals surface area contributed by atoms with Gasteiger partial charge in [0.15, 0.2) is 0 Å². The number of aliphatic hydroxyl groups is 1. The van der Waals surface area contributed by atoms with Gasteiger partial charge in [0, 0.05) is 12.0 Å². The summed E-state index contributed by atoms with van der Waals surface area (Å²) in [5.74, 6) is 2.07. The molecule has 0 fully saturated rings. The maximum absolute atomic E-state index is 10.3. The molecule has 1 N–H and O–H groups in total. The number of alkyl halides is 1. The molecule has 1 rings (SSSR count). The van der Waals surface area contributed by atoms with E-state index in [0.717, 1.165) is 31.4 Å². The Hall–Kier alpha value is -0.730. The summed E-state index contributed by atoms with van der Waals surface area (Å²) in [5.41, 5.74) is 3.58. The molecule has 0 aromatic carbocycles. The lowest BCUT2D eigenvalue weighted by Gasteiger charge is -2.37. The van der Waals surface area contributed by atoms with E-state index in [9.17, 15) is 5.11 Å². The van der Waals surface area contributed by atoms with Gasteiger partial charge in [-0.2, -0.15) is 0 Å². The van der Waals surface area contributed by atoms with Crippen molar-refractivity contribution in [2.75, 3.05) is 12.5 Å². The third kappa shape index (κ3) is 10.2. The van der Waals surface area contributed by atoms with Gasteiger partial charge in [0.2, 0.25) is 0 Å². The minimum Gasteiger partial charge on any atom is -0.512 e. The van der Waals surface area contributed by atoms with Crippen LogP contribution in [0.1, 0.15) is 112 Å². The predicted octanol–water partition coefficient (Wildman–Crippen LogP) is 9.30. The number of rotatable bonds is 13. The molecule has 0 aromatic rings. The number of halogens is 1. The highest BCUT2D eigenvalue weighted by atomic mass is 35.5. The Balaban J connectivity index is 2.78. The Morgan fingerprint density at radius 2 is 2.00 bits per heavy atom. The summed E-state index contributed by atoms with van der Waals surface area (Å²) >= 11 is 6.21. The molecular weight excluding hydrogens is 404 g/mol. The van der Waals surface area contributed by atoms with E-state index in [0.29, 0.717) is 29.9 Å². The molecule has 3 heteroatoms. The molecule has 0 aromatic heterocycles. The van der Waals surface area contributed by atoms with Gasteiger partial charge in [-0.3, -0.25) is 0 Å². The van der Waals surface area contributed by atoms with Crippen molar-refractivity contribution < 1.29 is 9.84 Å². The smallest absolute Gasteiger partial charge is 0.0966 e. The minimum atomic E-state index is -0.112. The summed E-state index contributed by atoms with van der Waals surface area (Å²) in [7, 11) is 0. The molecule has 1 unspecified atom stereocenters. The van der Waals surface area contributed by atoms with Crippen LogP contribution in [0.4, 0.5) is 0 Å². The van der Waals surface area contributed by atoms with Crippen LogP contribution in [0.25, 0.3) is 0 Å². The van der Waals surface area contributed by atoms with Gasteiger partial charge in [-0.05, 0) is 89.5 Å². The van der Waals surface area contributed by atoms with Crippen molar-refractivity contribution in [2.24, 2.45) is 11.8 Å². The lowest BCUT2D eigenvalue weighted by molar-refractivity contribution is -0.0669. The van der Waals surface area contributed by atoms with Gasteiger partial charge in [0.25, 0.3) is 0 Å². The summed E-state index contributed by atoms with van der Waals surface area (Å²) in [6, 6.07) is 0. The van der Waals surface area contributed by atoms with Crippen molar-refractivity contribution >= 4 is 11.6 Å². The molecule has 0 spiro atoms. The number of hydrogen-bond donors (Lipinski definition) is 1. The van der Waals surface area contributed by atoms with Gasteiger partial charge in [0.05, 0.1) is 23.8 Å². The fourth-order valence-electron chi connectivity index (χ4n) is 4.76. The molecule has 0 heterocycles. The number of allylic oxidation sites excluding steroid dienone is 5. The largest absolute Gasteiger partial charge is 0.512 e. The highest BCUT2D eigenvalue weighted by Crippen LogP contribution is 2.36. The van der Waals surface area contributed by atoms with E-state index >= 15 is 0 Å². The topological polar surface area (TPSA) is 29.5 Å². The Labute approximate surface area is 198 Å². The van der Waals surface area contributed by atoms with Crippen molar-refractivity contribution in [3.63, 3.8) is 0 Å². The number of unbranched alkanes of at least 4 members (excludes halogenated alkanes) is 2. The summed E-state index contributed by atoms with van der Waals surface area (Å²) in [6.45, 7) is 14.1. The average Bonchev–Trinajstić information content (AvgIpc) is 2.73. The monoisotopic (exact) mass is 452 g/mol. The molecule has 2 atom stereocenters. The fraction of sp³-hybridized carbons (Fsp3) is 0.786. The highest BCUT2D eigenvalue weighted by molar-refractivity contribution is 6.19. The molecule has 31 heavy (non-hydrogen) atoms. The first kappa shape index (κ1) is 28.3. The van der Waals surface area contributed by atoms with E-state index < -0.39 is 0 Å². The zero-order chi connectivity index (χ0) is 23.3. The maximum Gasteiger partial charge on any atom is 0.0966 e. The van der Waals surface area contributed by atoms with Crippen LogP contribution in [0.3, 0.4) is 0 Å². The molecule has 1 aliphatic carbocycles. The van der Waals surface area contributed by atoms with Gasteiger partial charge in [-0.15, -0.1) is 11.6 Å². The second-order valence-corrected chi connectivity index (χ2v) is 10.1. The fourth-order valence-corrected chi connectivity index (χ4v) is 5.08. The Kier molecular flexibility index (Phi) is 13.8.